The summed E-state index contributed by atoms with van der Waals surface area (Å²) >= 11 is 0. The molecule has 2 saturated heterocycles. The van der Waals surface area contributed by atoms with Crippen LogP contribution in [-0.4, -0.2) is 91.1 Å². The number of carbonyl (C=O) groups excluding carboxylic acids is 2. The lowest BCUT2D eigenvalue weighted by Crippen LogP contribution is -2.41. The van der Waals surface area contributed by atoms with Crippen LogP contribution < -0.4 is 21.8 Å². The topological polar surface area (TPSA) is 133 Å². The first-order chi connectivity index (χ1) is 24.8. The Morgan fingerprint density at radius 3 is 2.43 bits per heavy atom. The van der Waals surface area contributed by atoms with Crippen LogP contribution in [0.5, 0.6) is 0 Å². The molecule has 3 heterocycles. The van der Waals surface area contributed by atoms with E-state index in [0.29, 0.717) is 54.5 Å². The van der Waals surface area contributed by atoms with E-state index < -0.39 is 0 Å². The van der Waals surface area contributed by atoms with E-state index in [9.17, 15) is 9.59 Å². The zero-order valence-corrected chi connectivity index (χ0v) is 29.3. The minimum atomic E-state index is -0.317. The average Bonchev–Trinajstić information content (AvgIpc) is 3.18. The van der Waals surface area contributed by atoms with E-state index in [0.717, 1.165) is 67.9 Å². The van der Waals surface area contributed by atoms with Gasteiger partial charge in [-0.2, -0.15) is 0 Å². The summed E-state index contributed by atoms with van der Waals surface area (Å²) in [6.07, 6.45) is 6.93. The first-order valence-corrected chi connectivity index (χ1v) is 17.7. The number of nitrogens with zero attached hydrogens (tertiary/aromatic N) is 5. The number of anilines is 2. The summed E-state index contributed by atoms with van der Waals surface area (Å²) in [5.74, 6) is 5.85. The van der Waals surface area contributed by atoms with Crippen molar-refractivity contribution in [3.63, 3.8) is 0 Å². The molecule has 266 valence electrons. The number of ether oxygens (including phenoxy) is 1. The fraction of sp³-hybridized carbons (Fsp3) is 0.325. The van der Waals surface area contributed by atoms with Crippen molar-refractivity contribution in [3.8, 4) is 11.3 Å². The molecule has 2 fully saturated rings. The second-order valence-corrected chi connectivity index (χ2v) is 13.2. The number of rotatable bonds is 12. The second-order valence-electron chi connectivity index (χ2n) is 13.2. The lowest BCUT2D eigenvalue weighted by atomic mass is 10.0. The molecule has 0 saturated carbocycles. The summed E-state index contributed by atoms with van der Waals surface area (Å²) in [6, 6.07) is 26.6. The van der Waals surface area contributed by atoms with Gasteiger partial charge in [-0.05, 0) is 73.4 Å². The van der Waals surface area contributed by atoms with Crippen molar-refractivity contribution in [1.29, 1.82) is 0 Å². The molecular weight excluding hydrogens is 640 g/mol. The molecule has 0 bridgehead atoms. The minimum Gasteiger partial charge on any atom is -0.397 e. The zero-order chi connectivity index (χ0) is 35.6. The van der Waals surface area contributed by atoms with Crippen molar-refractivity contribution in [1.82, 2.24) is 19.8 Å². The van der Waals surface area contributed by atoms with Crippen molar-refractivity contribution in [2.75, 3.05) is 69.7 Å². The van der Waals surface area contributed by atoms with E-state index in [1.807, 2.05) is 54.6 Å². The van der Waals surface area contributed by atoms with Gasteiger partial charge in [-0.15, -0.1) is 0 Å². The first kappa shape index (κ1) is 35.6. The van der Waals surface area contributed by atoms with Crippen LogP contribution in [0, 0.1) is 0 Å². The Hall–Kier alpha value is -5.23. The molecule has 11 heteroatoms. The van der Waals surface area contributed by atoms with E-state index in [4.69, 9.17) is 21.3 Å². The van der Waals surface area contributed by atoms with Gasteiger partial charge in [0.15, 0.2) is 0 Å². The number of pyridine rings is 1. The molecule has 2 amide bonds. The first-order valence-electron chi connectivity index (χ1n) is 17.7. The van der Waals surface area contributed by atoms with Gasteiger partial charge < -0.3 is 30.6 Å². The quantitative estimate of drug-likeness (QED) is 0.139. The summed E-state index contributed by atoms with van der Waals surface area (Å²) < 4.78 is 5.43. The number of carbonyl (C=O) groups is 2. The predicted molar refractivity (Wildman–Crippen MR) is 203 cm³/mol. The Morgan fingerprint density at radius 1 is 0.882 bits per heavy atom. The normalized spacial score (nSPS) is 15.3. The summed E-state index contributed by atoms with van der Waals surface area (Å²) in [6.45, 7) is 6.98. The average molecular weight is 689 g/mol. The molecule has 1 aromatic heterocycles. The molecule has 6 rings (SSSR count). The van der Waals surface area contributed by atoms with Crippen LogP contribution in [0.4, 0.5) is 11.4 Å². The van der Waals surface area contributed by atoms with E-state index in [-0.39, 0.29) is 11.8 Å². The molecule has 0 atom stereocenters. The van der Waals surface area contributed by atoms with Gasteiger partial charge in [0.1, 0.15) is 0 Å². The third-order valence-corrected chi connectivity index (χ3v) is 9.43. The van der Waals surface area contributed by atoms with E-state index in [1.54, 1.807) is 53.6 Å². The number of nitrogens with two attached hydrogens (primary N) is 2. The highest BCUT2D eigenvalue weighted by Crippen LogP contribution is 2.33. The maximum atomic E-state index is 13.8. The van der Waals surface area contributed by atoms with Gasteiger partial charge in [-0.1, -0.05) is 36.4 Å². The Labute approximate surface area is 300 Å². The molecule has 0 radical (unpaired) electrons. The molecule has 3 aromatic carbocycles. The van der Waals surface area contributed by atoms with Crippen LogP contribution in [0.1, 0.15) is 51.1 Å². The molecule has 5 N–H and O–H groups in total. The highest BCUT2D eigenvalue weighted by Gasteiger charge is 2.20. The summed E-state index contributed by atoms with van der Waals surface area (Å²) in [7, 11) is 1.79. The monoisotopic (exact) mass is 688 g/mol. The lowest BCUT2D eigenvalue weighted by Gasteiger charge is -2.29. The Kier molecular flexibility index (Phi) is 12.0. The molecule has 11 nitrogen and oxygen atoms in total. The third kappa shape index (κ3) is 9.52. The van der Waals surface area contributed by atoms with Gasteiger partial charge in [0.25, 0.3) is 11.8 Å². The number of aromatic nitrogens is 1. The van der Waals surface area contributed by atoms with E-state index >= 15 is 0 Å². The molecular formula is C40H48N8O3. The summed E-state index contributed by atoms with van der Waals surface area (Å²) in [5, 5.41) is 4.68. The Morgan fingerprint density at radius 2 is 1.65 bits per heavy atom. The minimum absolute atomic E-state index is 0.129. The maximum Gasteiger partial charge on any atom is 0.255 e. The summed E-state index contributed by atoms with van der Waals surface area (Å²) in [4.78, 5) is 38.2. The fourth-order valence-corrected chi connectivity index (χ4v) is 6.48. The highest BCUT2D eigenvalue weighted by atomic mass is 16.5. The molecule has 2 aliphatic rings. The van der Waals surface area contributed by atoms with Gasteiger partial charge in [0.05, 0.1) is 36.8 Å². The number of benzene rings is 3. The number of likely N-dealkylation sites (N-methyl/N-ethyl adjacent to an activating group) is 1. The number of hydrogen-bond donors (Lipinski definition) is 3. The molecule has 0 unspecified atom stereocenters. The molecule has 2 aliphatic heterocycles. The SMILES string of the molecule is CN(CCN1CCOCC1)C(=O)c1cccc(C(=O)Nc2ccc(N3CCCCC3)cc2-c2cc(/C(N)=C/N(N)Cc3ccccc3)ccn2)c1. The van der Waals surface area contributed by atoms with Crippen LogP contribution in [0.3, 0.4) is 0 Å². The van der Waals surface area contributed by atoms with Crippen LogP contribution in [0.2, 0.25) is 0 Å². The molecule has 4 aromatic rings. The highest BCUT2D eigenvalue weighted by molar-refractivity contribution is 6.08. The smallest absolute Gasteiger partial charge is 0.255 e. The number of hydrazine groups is 1. The molecule has 51 heavy (non-hydrogen) atoms. The van der Waals surface area contributed by atoms with Crippen LogP contribution in [0.25, 0.3) is 17.0 Å². The van der Waals surface area contributed by atoms with Crippen LogP contribution >= 0.6 is 0 Å². The largest absolute Gasteiger partial charge is 0.397 e. The van der Waals surface area contributed by atoms with Crippen molar-refractivity contribution in [3.05, 3.63) is 120 Å². The standard InChI is InChI=1S/C40H48N8O3/c1-45(19-20-46-21-23-51-24-22-46)40(50)33-12-8-11-32(25-33)39(49)44-37-14-13-34(47-17-6-3-7-18-47)27-35(37)38-26-31(15-16-43-38)36(41)29-48(42)28-30-9-4-2-5-10-30/h2,4-5,8-16,25-27,29H,3,6-7,17-24,28,41-42H2,1H3,(H,44,49)/b36-29-. The lowest BCUT2D eigenvalue weighted by molar-refractivity contribution is 0.0338. The van der Waals surface area contributed by atoms with Gasteiger partial charge in [0, 0.05) is 86.7 Å². The van der Waals surface area contributed by atoms with Crippen molar-refractivity contribution in [2.24, 2.45) is 11.6 Å². The van der Waals surface area contributed by atoms with Crippen molar-refractivity contribution >= 4 is 28.9 Å². The maximum absolute atomic E-state index is 13.8. The van der Waals surface area contributed by atoms with Crippen LogP contribution in [0.15, 0.2) is 97.3 Å². The van der Waals surface area contributed by atoms with E-state index in [2.05, 4.69) is 21.2 Å². The van der Waals surface area contributed by atoms with Gasteiger partial charge in [-0.3, -0.25) is 19.5 Å². The van der Waals surface area contributed by atoms with Crippen molar-refractivity contribution in [2.45, 2.75) is 25.8 Å². The number of piperidine rings is 1. The molecule has 0 aliphatic carbocycles. The Bertz CT molecular complexity index is 1820. The number of amides is 2. The van der Waals surface area contributed by atoms with Gasteiger partial charge in [0.2, 0.25) is 0 Å². The zero-order valence-electron chi connectivity index (χ0n) is 29.3. The number of morpholine rings is 1. The predicted octanol–water partition coefficient (Wildman–Crippen LogP) is 5.03. The van der Waals surface area contributed by atoms with Crippen LogP contribution in [-0.2, 0) is 11.3 Å². The van der Waals surface area contributed by atoms with Gasteiger partial charge in [-0.25, -0.2) is 5.84 Å². The van der Waals surface area contributed by atoms with E-state index in [1.165, 1.54) is 6.42 Å². The Balaban J connectivity index is 1.22. The number of nitrogens with one attached hydrogen (secondary N) is 1. The third-order valence-electron chi connectivity index (χ3n) is 9.43. The summed E-state index contributed by atoms with van der Waals surface area (Å²) in [5.41, 5.74) is 12.8. The second kappa shape index (κ2) is 17.1. The fourth-order valence-electron chi connectivity index (χ4n) is 6.48. The number of hydrogen-bond acceptors (Lipinski definition) is 9. The van der Waals surface area contributed by atoms with Crippen molar-refractivity contribution < 1.29 is 14.3 Å². The van der Waals surface area contributed by atoms with Gasteiger partial charge >= 0.3 is 0 Å². The molecule has 0 spiro atoms.